The second-order valence-electron chi connectivity index (χ2n) is 5.28. The Balaban J connectivity index is 1.78. The van der Waals surface area contributed by atoms with Crippen molar-refractivity contribution in [3.05, 3.63) is 83.9 Å². The van der Waals surface area contributed by atoms with Crippen LogP contribution in [0.5, 0.6) is 23.0 Å². The fourth-order valence-electron chi connectivity index (χ4n) is 2.24. The van der Waals surface area contributed by atoms with Gasteiger partial charge in [-0.1, -0.05) is 18.2 Å². The van der Waals surface area contributed by atoms with E-state index in [1.54, 1.807) is 72.8 Å². The van der Waals surface area contributed by atoms with Crippen molar-refractivity contribution in [3.63, 3.8) is 0 Å². The minimum atomic E-state index is -0.554. The topological polar surface area (TPSA) is 52.6 Å². The van der Waals surface area contributed by atoms with E-state index in [4.69, 9.17) is 32.7 Å². The van der Waals surface area contributed by atoms with Crippen molar-refractivity contribution >= 4 is 33.7 Å². The predicted molar refractivity (Wildman–Crippen MR) is 99.8 cm³/mol. The van der Waals surface area contributed by atoms with Gasteiger partial charge in [0.25, 0.3) is 10.5 Å². The molecule has 130 valence electrons. The normalized spacial score (nSPS) is 10.2. The van der Waals surface area contributed by atoms with Crippen LogP contribution in [0.4, 0.5) is 0 Å². The van der Waals surface area contributed by atoms with Crippen LogP contribution < -0.4 is 9.47 Å². The van der Waals surface area contributed by atoms with Gasteiger partial charge in [-0.05, 0) is 71.7 Å². The number of carbonyl (C=O) groups is 2. The highest BCUT2D eigenvalue weighted by atomic mass is 35.5. The van der Waals surface area contributed by atoms with Crippen molar-refractivity contribution in [2.24, 2.45) is 0 Å². The van der Waals surface area contributed by atoms with E-state index in [2.05, 4.69) is 0 Å². The second-order valence-corrected chi connectivity index (χ2v) is 5.97. The summed E-state index contributed by atoms with van der Waals surface area (Å²) < 4.78 is 11.5. The van der Waals surface area contributed by atoms with Crippen LogP contribution in [-0.4, -0.2) is 10.5 Å². The van der Waals surface area contributed by atoms with Crippen LogP contribution in [0.15, 0.2) is 72.8 Å². The molecule has 0 saturated carbocycles. The van der Waals surface area contributed by atoms with Crippen LogP contribution in [0.25, 0.3) is 0 Å². The molecule has 6 heteroatoms. The lowest BCUT2D eigenvalue weighted by atomic mass is 10.2. The average Bonchev–Trinajstić information content (AvgIpc) is 2.62. The largest absolute Gasteiger partial charge is 0.457 e. The third-order valence-electron chi connectivity index (χ3n) is 3.40. The molecule has 0 aliphatic heterocycles. The maximum Gasteiger partial charge on any atom is 0.252 e. The quantitative estimate of drug-likeness (QED) is 0.485. The fraction of sp³-hybridized carbons (Fsp3) is 0. The van der Waals surface area contributed by atoms with Crippen LogP contribution in [0.3, 0.4) is 0 Å². The summed E-state index contributed by atoms with van der Waals surface area (Å²) in [4.78, 5) is 22.5. The molecule has 0 amide bonds. The maximum atomic E-state index is 11.2. The number of carbonyl (C=O) groups excluding carboxylic acids is 2. The molecule has 0 N–H and O–H groups in total. The lowest BCUT2D eigenvalue weighted by Gasteiger charge is -2.10. The molecular weight excluding hydrogens is 375 g/mol. The SMILES string of the molecule is O=C(Cl)c1cccc(Oc2cccc(Oc3cccc(C(=O)Cl)c3)c2)c1. The third kappa shape index (κ3) is 4.63. The van der Waals surface area contributed by atoms with Crippen molar-refractivity contribution in [1.29, 1.82) is 0 Å². The first-order valence-corrected chi connectivity index (χ1v) is 8.32. The Morgan fingerprint density at radius 3 is 1.31 bits per heavy atom. The van der Waals surface area contributed by atoms with Gasteiger partial charge < -0.3 is 9.47 Å². The van der Waals surface area contributed by atoms with E-state index < -0.39 is 10.5 Å². The summed E-state index contributed by atoms with van der Waals surface area (Å²) in [5.41, 5.74) is 0.693. The molecule has 0 radical (unpaired) electrons. The monoisotopic (exact) mass is 386 g/mol. The van der Waals surface area contributed by atoms with E-state index >= 15 is 0 Å². The Kier molecular flexibility index (Phi) is 5.56. The molecule has 0 aliphatic carbocycles. The standard InChI is InChI=1S/C20H12Cl2O4/c21-19(23)13-4-1-6-15(10-13)25-17-8-3-9-18(12-17)26-16-7-2-5-14(11-16)20(22)24/h1-12H. The van der Waals surface area contributed by atoms with Crippen LogP contribution >= 0.6 is 23.2 Å². The number of ether oxygens (including phenoxy) is 2. The van der Waals surface area contributed by atoms with Gasteiger partial charge in [-0.3, -0.25) is 9.59 Å². The molecule has 0 saturated heterocycles. The van der Waals surface area contributed by atoms with E-state index in [0.29, 0.717) is 34.1 Å². The Morgan fingerprint density at radius 1 is 0.577 bits per heavy atom. The van der Waals surface area contributed by atoms with Crippen LogP contribution in [0.2, 0.25) is 0 Å². The minimum Gasteiger partial charge on any atom is -0.457 e. The van der Waals surface area contributed by atoms with Gasteiger partial charge in [-0.2, -0.15) is 0 Å². The first-order valence-electron chi connectivity index (χ1n) is 7.57. The molecule has 26 heavy (non-hydrogen) atoms. The highest BCUT2D eigenvalue weighted by Gasteiger charge is 2.07. The van der Waals surface area contributed by atoms with Gasteiger partial charge >= 0.3 is 0 Å². The molecule has 3 rings (SSSR count). The summed E-state index contributed by atoms with van der Waals surface area (Å²) in [6.45, 7) is 0. The highest BCUT2D eigenvalue weighted by Crippen LogP contribution is 2.29. The molecule has 0 aliphatic rings. The number of rotatable bonds is 6. The summed E-state index contributed by atoms with van der Waals surface area (Å²) in [5, 5.41) is -1.11. The Bertz CT molecular complexity index is 895. The van der Waals surface area contributed by atoms with E-state index in [1.807, 2.05) is 0 Å². The summed E-state index contributed by atoms with van der Waals surface area (Å²) >= 11 is 11.0. The molecule has 0 unspecified atom stereocenters. The van der Waals surface area contributed by atoms with E-state index in [0.717, 1.165) is 0 Å². The zero-order chi connectivity index (χ0) is 18.5. The smallest absolute Gasteiger partial charge is 0.252 e. The van der Waals surface area contributed by atoms with E-state index in [-0.39, 0.29) is 0 Å². The van der Waals surface area contributed by atoms with Crippen molar-refractivity contribution in [1.82, 2.24) is 0 Å². The van der Waals surface area contributed by atoms with Crippen molar-refractivity contribution in [3.8, 4) is 23.0 Å². The molecule has 0 heterocycles. The number of benzene rings is 3. The Morgan fingerprint density at radius 2 is 0.923 bits per heavy atom. The first kappa shape index (κ1) is 18.0. The zero-order valence-corrected chi connectivity index (χ0v) is 14.8. The molecule has 0 bridgehead atoms. The molecule has 0 aromatic heterocycles. The zero-order valence-electron chi connectivity index (χ0n) is 13.3. The summed E-state index contributed by atoms with van der Waals surface area (Å²) in [7, 11) is 0. The van der Waals surface area contributed by atoms with Gasteiger partial charge in [0.05, 0.1) is 0 Å². The van der Waals surface area contributed by atoms with Gasteiger partial charge in [0, 0.05) is 17.2 Å². The molecular formula is C20H12Cl2O4. The van der Waals surface area contributed by atoms with E-state index in [9.17, 15) is 9.59 Å². The summed E-state index contributed by atoms with van der Waals surface area (Å²) in [6.07, 6.45) is 0. The lowest BCUT2D eigenvalue weighted by Crippen LogP contribution is -1.92. The number of halogens is 2. The molecule has 0 spiro atoms. The third-order valence-corrected chi connectivity index (χ3v) is 3.84. The fourth-order valence-corrected chi connectivity index (χ4v) is 2.47. The van der Waals surface area contributed by atoms with Gasteiger partial charge in [-0.25, -0.2) is 0 Å². The number of hydrogen-bond acceptors (Lipinski definition) is 4. The van der Waals surface area contributed by atoms with Crippen molar-refractivity contribution in [2.45, 2.75) is 0 Å². The summed E-state index contributed by atoms with van der Waals surface area (Å²) in [5.74, 6) is 1.99. The van der Waals surface area contributed by atoms with Crippen LogP contribution in [0, 0.1) is 0 Å². The second kappa shape index (κ2) is 8.04. The van der Waals surface area contributed by atoms with Gasteiger partial charge in [-0.15, -0.1) is 0 Å². The van der Waals surface area contributed by atoms with Gasteiger partial charge in [0.2, 0.25) is 0 Å². The molecule has 3 aromatic carbocycles. The molecule has 0 atom stereocenters. The molecule has 3 aromatic rings. The average molecular weight is 387 g/mol. The molecule has 0 fully saturated rings. The highest BCUT2D eigenvalue weighted by molar-refractivity contribution is 6.68. The Labute approximate surface area is 159 Å². The van der Waals surface area contributed by atoms with Crippen molar-refractivity contribution in [2.75, 3.05) is 0 Å². The first-order chi connectivity index (χ1) is 12.5. The van der Waals surface area contributed by atoms with Gasteiger partial charge in [0.1, 0.15) is 23.0 Å². The maximum absolute atomic E-state index is 11.2. The van der Waals surface area contributed by atoms with E-state index in [1.165, 1.54) is 0 Å². The van der Waals surface area contributed by atoms with Crippen LogP contribution in [-0.2, 0) is 0 Å². The van der Waals surface area contributed by atoms with Crippen molar-refractivity contribution < 1.29 is 19.1 Å². The lowest BCUT2D eigenvalue weighted by molar-refractivity contribution is 0.107. The van der Waals surface area contributed by atoms with Gasteiger partial charge in [0.15, 0.2) is 0 Å². The summed E-state index contributed by atoms with van der Waals surface area (Å²) in [6, 6.07) is 20.1. The predicted octanol–water partition coefficient (Wildman–Crippen LogP) is 6.03. The molecule has 4 nitrogen and oxygen atoms in total. The minimum absolute atomic E-state index is 0.346. The Hall–Kier alpha value is -2.82. The van der Waals surface area contributed by atoms with Crippen LogP contribution in [0.1, 0.15) is 20.7 Å². The number of hydrogen-bond donors (Lipinski definition) is 0.